The van der Waals surface area contributed by atoms with E-state index in [1.807, 2.05) is 0 Å². The number of carbonyl (C=O) groups excluding carboxylic acids is 3. The predicted molar refractivity (Wildman–Crippen MR) is 133 cm³/mol. The van der Waals surface area contributed by atoms with Gasteiger partial charge in [0.05, 0.1) is 17.8 Å². The number of rotatable bonds is 6. The first-order valence-electron chi connectivity index (χ1n) is 10.3. The van der Waals surface area contributed by atoms with Gasteiger partial charge >= 0.3 is 0 Å². The molecule has 1 aliphatic heterocycles. The Hall–Kier alpha value is -3.88. The molecule has 0 saturated carbocycles. The predicted octanol–water partition coefficient (Wildman–Crippen LogP) is 5.48. The number of nitrogens with one attached hydrogen (secondary N) is 2. The lowest BCUT2D eigenvalue weighted by molar-refractivity contribution is -0.120. The van der Waals surface area contributed by atoms with Crippen LogP contribution in [-0.4, -0.2) is 24.8 Å². The quantitative estimate of drug-likeness (QED) is 0.426. The van der Waals surface area contributed by atoms with Crippen LogP contribution in [0.1, 0.15) is 15.9 Å². The molecule has 3 amide bonds. The molecule has 1 aliphatic rings. The van der Waals surface area contributed by atoms with E-state index >= 15 is 0 Å². The van der Waals surface area contributed by atoms with Crippen LogP contribution in [0, 0.1) is 12.7 Å². The van der Waals surface area contributed by atoms with E-state index in [2.05, 4.69) is 10.6 Å². The van der Waals surface area contributed by atoms with Crippen LogP contribution in [0.3, 0.4) is 0 Å². The molecule has 178 valence electrons. The number of methoxy groups -OCH3 is 1. The summed E-state index contributed by atoms with van der Waals surface area (Å²) in [6, 6.07) is 15.2. The van der Waals surface area contributed by atoms with Crippen molar-refractivity contribution < 1.29 is 23.5 Å². The van der Waals surface area contributed by atoms with Gasteiger partial charge in [0.15, 0.2) is 0 Å². The molecule has 0 spiro atoms. The molecule has 0 saturated heterocycles. The normalized spacial score (nSPS) is 13.3. The average Bonchev–Trinajstić information content (AvgIpc) is 3.05. The lowest BCUT2D eigenvalue weighted by atomic mass is 10.1. The molecule has 2 N–H and O–H groups in total. The lowest BCUT2D eigenvalue weighted by Crippen LogP contribution is -2.32. The second-order valence-electron chi connectivity index (χ2n) is 7.57. The number of nitrogens with zero attached hydrogens (tertiary/aromatic N) is 1. The van der Waals surface area contributed by atoms with Gasteiger partial charge in [-0.1, -0.05) is 35.3 Å². The van der Waals surface area contributed by atoms with E-state index < -0.39 is 23.5 Å². The van der Waals surface area contributed by atoms with Crippen molar-refractivity contribution in [1.29, 1.82) is 0 Å². The number of halogens is 3. The van der Waals surface area contributed by atoms with E-state index in [0.717, 1.165) is 17.0 Å². The summed E-state index contributed by atoms with van der Waals surface area (Å²) < 4.78 is 18.7. The fourth-order valence-corrected chi connectivity index (χ4v) is 3.79. The molecule has 0 unspecified atom stereocenters. The molecular formula is C25H18Cl2FN3O4. The molecule has 10 heteroatoms. The third kappa shape index (κ3) is 4.84. The zero-order valence-electron chi connectivity index (χ0n) is 18.5. The maximum atomic E-state index is 13.5. The molecule has 0 atom stereocenters. The maximum absolute atomic E-state index is 13.5. The van der Waals surface area contributed by atoms with Crippen molar-refractivity contribution in [3.63, 3.8) is 0 Å². The van der Waals surface area contributed by atoms with Crippen LogP contribution >= 0.6 is 23.2 Å². The van der Waals surface area contributed by atoms with Crippen LogP contribution in [0.25, 0.3) is 0 Å². The molecule has 0 radical (unpaired) electrons. The maximum Gasteiger partial charge on any atom is 0.283 e. The minimum atomic E-state index is -0.786. The summed E-state index contributed by atoms with van der Waals surface area (Å²) in [5.41, 5.74) is 1.84. The van der Waals surface area contributed by atoms with Crippen LogP contribution in [0.15, 0.2) is 71.4 Å². The number of ether oxygens (including phenoxy) is 1. The van der Waals surface area contributed by atoms with E-state index in [9.17, 15) is 18.8 Å². The molecule has 0 aliphatic carbocycles. The number of hydrogen-bond acceptors (Lipinski definition) is 5. The first kappa shape index (κ1) is 24.3. The Kier molecular flexibility index (Phi) is 6.77. The van der Waals surface area contributed by atoms with Crippen molar-refractivity contribution in [3.05, 3.63) is 93.4 Å². The number of benzene rings is 3. The zero-order chi connectivity index (χ0) is 25.3. The van der Waals surface area contributed by atoms with Gasteiger partial charge in [0.2, 0.25) is 0 Å². The van der Waals surface area contributed by atoms with E-state index in [4.69, 9.17) is 27.9 Å². The largest absolute Gasteiger partial charge is 0.497 e. The topological polar surface area (TPSA) is 87.7 Å². The van der Waals surface area contributed by atoms with Gasteiger partial charge in [0.1, 0.15) is 22.3 Å². The standard InChI is InChI=1S/C25H18Cl2FN3O4/c1-13-6-7-14(23(32)29-15-4-3-5-17(11-15)35-2)10-20(13)30-22-21(27)24(33)31(25(22)34)16-8-9-19(28)18(26)12-16/h3-12,30H,1-2H3,(H,29,32). The van der Waals surface area contributed by atoms with E-state index in [0.29, 0.717) is 28.3 Å². The van der Waals surface area contributed by atoms with Crippen molar-refractivity contribution in [1.82, 2.24) is 0 Å². The summed E-state index contributed by atoms with van der Waals surface area (Å²) in [5, 5.41) is 5.06. The highest BCUT2D eigenvalue weighted by atomic mass is 35.5. The highest BCUT2D eigenvalue weighted by Gasteiger charge is 2.39. The van der Waals surface area contributed by atoms with Gasteiger partial charge in [-0.3, -0.25) is 14.4 Å². The van der Waals surface area contributed by atoms with Crippen LogP contribution in [0.2, 0.25) is 5.02 Å². The molecule has 3 aromatic carbocycles. The Morgan fingerprint density at radius 2 is 1.77 bits per heavy atom. The summed E-state index contributed by atoms with van der Waals surface area (Å²) in [4.78, 5) is 39.3. The third-order valence-electron chi connectivity index (χ3n) is 5.28. The molecule has 1 heterocycles. The highest BCUT2D eigenvalue weighted by Crippen LogP contribution is 2.33. The van der Waals surface area contributed by atoms with Gasteiger partial charge < -0.3 is 15.4 Å². The number of aryl methyl sites for hydroxylation is 1. The Balaban J connectivity index is 1.58. The van der Waals surface area contributed by atoms with Gasteiger partial charge in [-0.05, 0) is 55.0 Å². The third-order valence-corrected chi connectivity index (χ3v) is 5.92. The molecule has 7 nitrogen and oxygen atoms in total. The molecule has 35 heavy (non-hydrogen) atoms. The Labute approximate surface area is 210 Å². The van der Waals surface area contributed by atoms with Crippen LogP contribution in [0.4, 0.5) is 21.5 Å². The zero-order valence-corrected chi connectivity index (χ0v) is 20.0. The number of hydrogen-bond donors (Lipinski definition) is 2. The monoisotopic (exact) mass is 513 g/mol. The molecule has 0 fully saturated rings. The summed E-state index contributed by atoms with van der Waals surface area (Å²) in [6.07, 6.45) is 0. The fraction of sp³-hybridized carbons (Fsp3) is 0.0800. The van der Waals surface area contributed by atoms with Crippen molar-refractivity contribution in [2.24, 2.45) is 0 Å². The number of anilines is 3. The summed E-state index contributed by atoms with van der Waals surface area (Å²) in [5.74, 6) is -2.02. The molecule has 0 aromatic heterocycles. The molecule has 4 rings (SSSR count). The van der Waals surface area contributed by atoms with Gasteiger partial charge in [-0.2, -0.15) is 0 Å². The fourth-order valence-electron chi connectivity index (χ4n) is 3.41. The molecule has 0 bridgehead atoms. The van der Waals surface area contributed by atoms with Crippen molar-refractivity contribution in [2.45, 2.75) is 6.92 Å². The SMILES string of the molecule is COc1cccc(NC(=O)c2ccc(C)c(NC3=C(Cl)C(=O)N(c4ccc(F)c(Cl)c4)C3=O)c2)c1. The Morgan fingerprint density at radius 3 is 2.49 bits per heavy atom. The molecular weight excluding hydrogens is 496 g/mol. The summed E-state index contributed by atoms with van der Waals surface area (Å²) in [7, 11) is 1.53. The number of carbonyl (C=O) groups is 3. The lowest BCUT2D eigenvalue weighted by Gasteiger charge is -2.16. The second kappa shape index (κ2) is 9.77. The number of imide groups is 1. The van der Waals surface area contributed by atoms with E-state index in [-0.39, 0.29) is 21.4 Å². The minimum absolute atomic E-state index is 0.0736. The first-order valence-corrected chi connectivity index (χ1v) is 11.0. The van der Waals surface area contributed by atoms with Gasteiger partial charge in [0.25, 0.3) is 17.7 Å². The second-order valence-corrected chi connectivity index (χ2v) is 8.36. The van der Waals surface area contributed by atoms with E-state index in [1.54, 1.807) is 43.3 Å². The van der Waals surface area contributed by atoms with Crippen LogP contribution in [-0.2, 0) is 9.59 Å². The summed E-state index contributed by atoms with van der Waals surface area (Å²) >= 11 is 12.0. The van der Waals surface area contributed by atoms with Gasteiger partial charge in [-0.15, -0.1) is 0 Å². The minimum Gasteiger partial charge on any atom is -0.497 e. The summed E-state index contributed by atoms with van der Waals surface area (Å²) in [6.45, 7) is 1.76. The first-order chi connectivity index (χ1) is 16.7. The van der Waals surface area contributed by atoms with Crippen molar-refractivity contribution in [3.8, 4) is 5.75 Å². The van der Waals surface area contributed by atoms with Crippen LogP contribution in [0.5, 0.6) is 5.75 Å². The Morgan fingerprint density at radius 1 is 1.00 bits per heavy atom. The van der Waals surface area contributed by atoms with Gasteiger partial charge in [-0.25, -0.2) is 9.29 Å². The van der Waals surface area contributed by atoms with E-state index in [1.165, 1.54) is 19.2 Å². The Bertz CT molecular complexity index is 1410. The molecule has 3 aromatic rings. The van der Waals surface area contributed by atoms with Crippen LogP contribution < -0.4 is 20.3 Å². The number of amides is 3. The van der Waals surface area contributed by atoms with Crippen molar-refractivity contribution in [2.75, 3.05) is 22.6 Å². The average molecular weight is 514 g/mol. The smallest absolute Gasteiger partial charge is 0.283 e. The van der Waals surface area contributed by atoms with Gasteiger partial charge in [0, 0.05) is 23.0 Å². The highest BCUT2D eigenvalue weighted by molar-refractivity contribution is 6.53. The van der Waals surface area contributed by atoms with Crippen molar-refractivity contribution >= 4 is 58.0 Å².